The fourth-order valence-electron chi connectivity index (χ4n) is 3.74. The van der Waals surface area contributed by atoms with Crippen molar-refractivity contribution in [3.63, 3.8) is 0 Å². The number of benzene rings is 2. The molecule has 2 aromatic rings. The van der Waals surface area contributed by atoms with Gasteiger partial charge in [-0.05, 0) is 56.4 Å². The molecular formula is C24H34IN3O2. The summed E-state index contributed by atoms with van der Waals surface area (Å²) < 4.78 is 6.13. The van der Waals surface area contributed by atoms with Gasteiger partial charge in [0, 0.05) is 32.2 Å². The van der Waals surface area contributed by atoms with Gasteiger partial charge >= 0.3 is 0 Å². The molecule has 0 saturated carbocycles. The van der Waals surface area contributed by atoms with Crippen molar-refractivity contribution in [3.05, 3.63) is 65.2 Å². The highest BCUT2D eigenvalue weighted by Gasteiger charge is 2.27. The van der Waals surface area contributed by atoms with Crippen molar-refractivity contribution in [3.8, 4) is 5.75 Å². The van der Waals surface area contributed by atoms with E-state index < -0.39 is 0 Å². The lowest BCUT2D eigenvalue weighted by atomic mass is 9.89. The maximum Gasteiger partial charge on any atom is 0.191 e. The minimum atomic E-state index is 0. The minimum absolute atomic E-state index is 0. The first-order valence-corrected chi connectivity index (χ1v) is 10.6. The van der Waals surface area contributed by atoms with Crippen LogP contribution in [-0.4, -0.2) is 37.3 Å². The highest BCUT2D eigenvalue weighted by Crippen LogP contribution is 2.33. The van der Waals surface area contributed by atoms with Crippen molar-refractivity contribution in [2.45, 2.75) is 39.2 Å². The van der Waals surface area contributed by atoms with Crippen molar-refractivity contribution < 1.29 is 9.84 Å². The predicted octanol–water partition coefficient (Wildman–Crippen LogP) is 4.58. The second kappa shape index (κ2) is 12.8. The average Bonchev–Trinajstić information content (AvgIpc) is 2.73. The zero-order chi connectivity index (χ0) is 20.5. The molecule has 3 N–H and O–H groups in total. The van der Waals surface area contributed by atoms with E-state index in [1.54, 1.807) is 12.1 Å². The second-order valence-corrected chi connectivity index (χ2v) is 7.67. The summed E-state index contributed by atoms with van der Waals surface area (Å²) in [5.41, 5.74) is 3.62. The molecule has 0 spiro atoms. The summed E-state index contributed by atoms with van der Waals surface area (Å²) in [5, 5.41) is 16.3. The molecule has 0 aromatic heterocycles. The number of phenols is 1. The Balaban J connectivity index is 0.00000320. The summed E-state index contributed by atoms with van der Waals surface area (Å²) in [5.74, 6) is 1.52. The lowest BCUT2D eigenvalue weighted by Crippen LogP contribution is -2.39. The van der Waals surface area contributed by atoms with Crippen LogP contribution >= 0.6 is 24.0 Å². The third kappa shape index (κ3) is 7.47. The molecule has 5 nitrogen and oxygen atoms in total. The van der Waals surface area contributed by atoms with E-state index in [9.17, 15) is 5.11 Å². The number of rotatable bonds is 7. The van der Waals surface area contributed by atoms with E-state index in [0.717, 1.165) is 57.0 Å². The number of phenolic OH excluding ortho intramolecular Hbond substituents is 1. The lowest BCUT2D eigenvalue weighted by Gasteiger charge is -2.31. The van der Waals surface area contributed by atoms with Crippen LogP contribution in [0.15, 0.2) is 53.5 Å². The summed E-state index contributed by atoms with van der Waals surface area (Å²) in [6.07, 6.45) is 3.16. The standard InChI is InChI=1S/C24H33N3O2.HI/c1-3-25-24(26-14-13-19-6-4-8-22(28)16-19)27-17-21-7-5-15-29-23(21)20-11-9-18(2)10-12-20;/h4,6,8-12,16,21,23,28H,3,5,7,13-15,17H2,1-2H3,(H2,25,26,27);1H. The van der Waals surface area contributed by atoms with Crippen LogP contribution in [0.3, 0.4) is 0 Å². The average molecular weight is 523 g/mol. The van der Waals surface area contributed by atoms with Gasteiger partial charge in [-0.15, -0.1) is 24.0 Å². The molecule has 0 aliphatic carbocycles. The van der Waals surface area contributed by atoms with Gasteiger partial charge in [-0.2, -0.15) is 0 Å². The Labute approximate surface area is 197 Å². The van der Waals surface area contributed by atoms with E-state index >= 15 is 0 Å². The Morgan fingerprint density at radius 2 is 1.97 bits per heavy atom. The molecule has 0 amide bonds. The Hall–Kier alpha value is -1.80. The molecule has 6 heteroatoms. The number of aliphatic imine (C=N–C) groups is 1. The zero-order valence-electron chi connectivity index (χ0n) is 17.9. The number of aryl methyl sites for hydroxylation is 1. The SMILES string of the molecule is CCNC(=NCC1CCCOC1c1ccc(C)cc1)NCCc1cccc(O)c1.I. The van der Waals surface area contributed by atoms with E-state index in [4.69, 9.17) is 9.73 Å². The van der Waals surface area contributed by atoms with Crippen LogP contribution < -0.4 is 10.6 Å². The van der Waals surface area contributed by atoms with Crippen LogP contribution in [0.1, 0.15) is 42.6 Å². The van der Waals surface area contributed by atoms with Crippen LogP contribution in [0.25, 0.3) is 0 Å². The molecule has 0 radical (unpaired) electrons. The zero-order valence-corrected chi connectivity index (χ0v) is 20.3. The van der Waals surface area contributed by atoms with E-state index in [-0.39, 0.29) is 30.1 Å². The third-order valence-corrected chi connectivity index (χ3v) is 5.30. The summed E-state index contributed by atoms with van der Waals surface area (Å²) in [6, 6.07) is 16.1. The minimum Gasteiger partial charge on any atom is -0.508 e. The van der Waals surface area contributed by atoms with Gasteiger partial charge in [0.25, 0.3) is 0 Å². The van der Waals surface area contributed by atoms with Gasteiger partial charge in [0.05, 0.1) is 6.10 Å². The first kappa shape index (κ1) is 24.5. The van der Waals surface area contributed by atoms with Gasteiger partial charge in [-0.25, -0.2) is 0 Å². The number of nitrogens with zero attached hydrogens (tertiary/aromatic N) is 1. The van der Waals surface area contributed by atoms with E-state index in [1.807, 2.05) is 12.1 Å². The Bertz CT molecular complexity index is 795. The smallest absolute Gasteiger partial charge is 0.191 e. The normalized spacial score (nSPS) is 19.1. The number of hydrogen-bond acceptors (Lipinski definition) is 3. The quantitative estimate of drug-likeness (QED) is 0.283. The molecule has 0 bridgehead atoms. The molecule has 30 heavy (non-hydrogen) atoms. The largest absolute Gasteiger partial charge is 0.508 e. The number of hydrogen-bond donors (Lipinski definition) is 3. The molecule has 2 atom stereocenters. The van der Waals surface area contributed by atoms with Gasteiger partial charge in [-0.1, -0.05) is 42.0 Å². The maximum absolute atomic E-state index is 9.60. The molecule has 1 saturated heterocycles. The molecule has 3 rings (SSSR count). The number of aromatic hydroxyl groups is 1. The van der Waals surface area contributed by atoms with Crippen molar-refractivity contribution in [1.29, 1.82) is 0 Å². The van der Waals surface area contributed by atoms with Crippen LogP contribution in [-0.2, 0) is 11.2 Å². The van der Waals surface area contributed by atoms with Crippen LogP contribution in [0.2, 0.25) is 0 Å². The highest BCUT2D eigenvalue weighted by atomic mass is 127. The fraction of sp³-hybridized carbons (Fsp3) is 0.458. The molecule has 1 aliphatic rings. The monoisotopic (exact) mass is 523 g/mol. The first-order chi connectivity index (χ1) is 14.2. The fourth-order valence-corrected chi connectivity index (χ4v) is 3.74. The van der Waals surface area contributed by atoms with Gasteiger partial charge in [0.1, 0.15) is 5.75 Å². The molecule has 164 valence electrons. The Kier molecular flexibility index (Phi) is 10.4. The molecule has 2 aromatic carbocycles. The van der Waals surface area contributed by atoms with Gasteiger partial charge in [-0.3, -0.25) is 4.99 Å². The highest BCUT2D eigenvalue weighted by molar-refractivity contribution is 14.0. The summed E-state index contributed by atoms with van der Waals surface area (Å²) >= 11 is 0. The summed E-state index contributed by atoms with van der Waals surface area (Å²) in [7, 11) is 0. The molecular weight excluding hydrogens is 489 g/mol. The second-order valence-electron chi connectivity index (χ2n) is 7.67. The van der Waals surface area contributed by atoms with Gasteiger partial charge in [0.2, 0.25) is 0 Å². The van der Waals surface area contributed by atoms with E-state index in [2.05, 4.69) is 48.7 Å². The van der Waals surface area contributed by atoms with Crippen LogP contribution in [0, 0.1) is 12.8 Å². The van der Waals surface area contributed by atoms with Gasteiger partial charge < -0.3 is 20.5 Å². The number of nitrogens with one attached hydrogen (secondary N) is 2. The van der Waals surface area contributed by atoms with Crippen LogP contribution in [0.4, 0.5) is 0 Å². The topological polar surface area (TPSA) is 65.9 Å². The molecule has 1 fully saturated rings. The van der Waals surface area contributed by atoms with Gasteiger partial charge in [0.15, 0.2) is 5.96 Å². The van der Waals surface area contributed by atoms with E-state index in [0.29, 0.717) is 11.7 Å². The number of halogens is 1. The van der Waals surface area contributed by atoms with Crippen molar-refractivity contribution >= 4 is 29.9 Å². The van der Waals surface area contributed by atoms with Crippen molar-refractivity contribution in [1.82, 2.24) is 10.6 Å². The number of ether oxygens (including phenoxy) is 1. The summed E-state index contributed by atoms with van der Waals surface area (Å²) in [4.78, 5) is 4.84. The third-order valence-electron chi connectivity index (χ3n) is 5.30. The first-order valence-electron chi connectivity index (χ1n) is 10.6. The molecule has 2 unspecified atom stereocenters. The molecule has 1 aliphatic heterocycles. The van der Waals surface area contributed by atoms with E-state index in [1.165, 1.54) is 11.1 Å². The maximum atomic E-state index is 9.60. The predicted molar refractivity (Wildman–Crippen MR) is 134 cm³/mol. The van der Waals surface area contributed by atoms with Crippen molar-refractivity contribution in [2.24, 2.45) is 10.9 Å². The van der Waals surface area contributed by atoms with Crippen molar-refractivity contribution in [2.75, 3.05) is 26.2 Å². The Morgan fingerprint density at radius 3 is 2.70 bits per heavy atom. The Morgan fingerprint density at radius 1 is 1.17 bits per heavy atom. The van der Waals surface area contributed by atoms with Crippen LogP contribution in [0.5, 0.6) is 5.75 Å². The molecule has 1 heterocycles. The number of guanidine groups is 1. The summed E-state index contributed by atoms with van der Waals surface area (Å²) in [6.45, 7) is 7.32. The lowest BCUT2D eigenvalue weighted by molar-refractivity contribution is -0.0250.